The summed E-state index contributed by atoms with van der Waals surface area (Å²) in [5.41, 5.74) is 6.19. The van der Waals surface area contributed by atoms with Crippen molar-refractivity contribution in [1.29, 1.82) is 0 Å². The van der Waals surface area contributed by atoms with Crippen LogP contribution in [0.25, 0.3) is 0 Å². The summed E-state index contributed by atoms with van der Waals surface area (Å²) in [5.74, 6) is 2.12. The number of likely N-dealkylation sites (tertiary alicyclic amines) is 1. The average Bonchev–Trinajstić information content (AvgIpc) is 3.26. The van der Waals surface area contributed by atoms with Gasteiger partial charge in [0.1, 0.15) is 11.8 Å². The van der Waals surface area contributed by atoms with Gasteiger partial charge in [-0.2, -0.15) is 11.8 Å². The quantitative estimate of drug-likeness (QED) is 0.662. The van der Waals surface area contributed by atoms with Crippen molar-refractivity contribution in [3.05, 3.63) is 30.3 Å². The highest BCUT2D eigenvalue weighted by molar-refractivity contribution is 7.98. The molecule has 0 aromatic heterocycles. The van der Waals surface area contributed by atoms with Crippen molar-refractivity contribution in [2.75, 3.05) is 31.7 Å². The van der Waals surface area contributed by atoms with E-state index in [1.54, 1.807) is 23.9 Å². The van der Waals surface area contributed by atoms with Gasteiger partial charge in [-0.05, 0) is 55.2 Å². The zero-order valence-corrected chi connectivity index (χ0v) is 17.8. The van der Waals surface area contributed by atoms with Crippen LogP contribution in [0, 0.1) is 11.8 Å². The summed E-state index contributed by atoms with van der Waals surface area (Å²) in [4.78, 5) is 27.2. The van der Waals surface area contributed by atoms with Crippen LogP contribution < -0.4 is 15.8 Å². The smallest absolute Gasteiger partial charge is 0.258 e. The SMILES string of the molecule is CSCCC(NC(=O)COc1ccccc1)C(=O)N1CC2CCC(N)C2C1.Cl. The number of rotatable bonds is 8. The Balaban J connectivity index is 0.00000280. The summed E-state index contributed by atoms with van der Waals surface area (Å²) in [5, 5.41) is 2.88. The van der Waals surface area contributed by atoms with Gasteiger partial charge < -0.3 is 20.7 Å². The van der Waals surface area contributed by atoms with Gasteiger partial charge >= 0.3 is 0 Å². The maximum atomic E-state index is 13.0. The summed E-state index contributed by atoms with van der Waals surface area (Å²) in [6.45, 7) is 1.39. The third-order valence-corrected chi connectivity index (χ3v) is 6.23. The van der Waals surface area contributed by atoms with E-state index in [1.807, 2.05) is 29.4 Å². The first-order valence-corrected chi connectivity index (χ1v) is 11.0. The van der Waals surface area contributed by atoms with Crippen LogP contribution in [0.2, 0.25) is 0 Å². The molecule has 1 saturated heterocycles. The molecule has 3 rings (SSSR count). The Morgan fingerprint density at radius 3 is 2.71 bits per heavy atom. The Morgan fingerprint density at radius 1 is 1.29 bits per heavy atom. The van der Waals surface area contributed by atoms with Crippen molar-refractivity contribution >= 4 is 36.0 Å². The van der Waals surface area contributed by atoms with Gasteiger partial charge in [0.2, 0.25) is 5.91 Å². The van der Waals surface area contributed by atoms with Crippen molar-refractivity contribution in [2.24, 2.45) is 17.6 Å². The number of para-hydroxylation sites is 1. The zero-order chi connectivity index (χ0) is 19.2. The summed E-state index contributed by atoms with van der Waals surface area (Å²) >= 11 is 1.67. The van der Waals surface area contributed by atoms with Gasteiger partial charge in [0.25, 0.3) is 5.91 Å². The fourth-order valence-corrected chi connectivity index (χ4v) is 4.57. The van der Waals surface area contributed by atoms with Gasteiger partial charge in [-0.3, -0.25) is 9.59 Å². The molecule has 0 spiro atoms. The molecule has 6 nitrogen and oxygen atoms in total. The standard InChI is InChI=1S/C20H29N3O3S.ClH/c1-27-10-9-18(22-19(24)13-26-15-5-3-2-4-6-15)20(25)23-11-14-7-8-17(21)16(14)12-23;/h2-6,14,16-18H,7-13,21H2,1H3,(H,22,24);1H. The number of fused-ring (bicyclic) bond motifs is 1. The number of carbonyl (C=O) groups is 2. The van der Waals surface area contributed by atoms with Crippen LogP contribution in [-0.4, -0.2) is 60.5 Å². The van der Waals surface area contributed by atoms with Crippen molar-refractivity contribution in [3.63, 3.8) is 0 Å². The zero-order valence-electron chi connectivity index (χ0n) is 16.2. The van der Waals surface area contributed by atoms with E-state index in [-0.39, 0.29) is 36.9 Å². The van der Waals surface area contributed by atoms with Crippen LogP contribution in [-0.2, 0) is 9.59 Å². The van der Waals surface area contributed by atoms with Crippen molar-refractivity contribution in [1.82, 2.24) is 10.2 Å². The number of nitrogens with zero attached hydrogens (tertiary/aromatic N) is 1. The Kier molecular flexibility index (Phi) is 8.92. The van der Waals surface area contributed by atoms with E-state index in [4.69, 9.17) is 10.5 Å². The Hall–Kier alpha value is -1.44. The first-order valence-electron chi connectivity index (χ1n) is 9.59. The second-order valence-corrected chi connectivity index (χ2v) is 8.40. The third-order valence-electron chi connectivity index (χ3n) is 5.58. The number of nitrogens with two attached hydrogens (primary N) is 1. The lowest BCUT2D eigenvalue weighted by Gasteiger charge is -2.25. The molecular formula is C20H30ClN3O3S. The maximum absolute atomic E-state index is 13.0. The summed E-state index contributed by atoms with van der Waals surface area (Å²) in [7, 11) is 0. The number of halogens is 1. The van der Waals surface area contributed by atoms with Crippen LogP contribution in [0.15, 0.2) is 30.3 Å². The second-order valence-electron chi connectivity index (χ2n) is 7.41. The van der Waals surface area contributed by atoms with Gasteiger partial charge in [0.15, 0.2) is 6.61 Å². The minimum atomic E-state index is -0.501. The van der Waals surface area contributed by atoms with Gasteiger partial charge in [-0.1, -0.05) is 18.2 Å². The number of thioether (sulfide) groups is 1. The second kappa shape index (κ2) is 10.9. The molecule has 1 heterocycles. The molecule has 156 valence electrons. The van der Waals surface area contributed by atoms with Crippen molar-refractivity contribution in [2.45, 2.75) is 31.3 Å². The van der Waals surface area contributed by atoms with Crippen molar-refractivity contribution in [3.8, 4) is 5.75 Å². The summed E-state index contributed by atoms with van der Waals surface area (Å²) < 4.78 is 5.49. The average molecular weight is 428 g/mol. The Bertz CT molecular complexity index is 649. The van der Waals surface area contributed by atoms with Crippen LogP contribution in [0.4, 0.5) is 0 Å². The van der Waals surface area contributed by atoms with E-state index < -0.39 is 6.04 Å². The predicted octanol–water partition coefficient (Wildman–Crippen LogP) is 1.92. The molecule has 1 aliphatic heterocycles. The predicted molar refractivity (Wildman–Crippen MR) is 115 cm³/mol. The van der Waals surface area contributed by atoms with Gasteiger partial charge in [-0.25, -0.2) is 0 Å². The van der Waals surface area contributed by atoms with E-state index >= 15 is 0 Å². The number of hydrogen-bond acceptors (Lipinski definition) is 5. The molecule has 1 aromatic carbocycles. The fraction of sp³-hybridized carbons (Fsp3) is 0.600. The number of hydrogen-bond donors (Lipinski definition) is 2. The number of benzene rings is 1. The monoisotopic (exact) mass is 427 g/mol. The van der Waals surface area contributed by atoms with Crippen LogP contribution in [0.3, 0.4) is 0 Å². The van der Waals surface area contributed by atoms with Gasteiger partial charge in [0, 0.05) is 19.1 Å². The molecule has 0 radical (unpaired) electrons. The maximum Gasteiger partial charge on any atom is 0.258 e. The highest BCUT2D eigenvalue weighted by atomic mass is 35.5. The molecule has 4 atom stereocenters. The highest BCUT2D eigenvalue weighted by Crippen LogP contribution is 2.37. The van der Waals surface area contributed by atoms with Gasteiger partial charge in [-0.15, -0.1) is 12.4 Å². The normalized spacial score (nSPS) is 24.2. The number of ether oxygens (including phenoxy) is 1. The lowest BCUT2D eigenvalue weighted by molar-refractivity contribution is -0.136. The molecule has 1 saturated carbocycles. The molecule has 4 unspecified atom stereocenters. The third kappa shape index (κ3) is 5.78. The van der Waals surface area contributed by atoms with E-state index in [0.717, 1.165) is 31.7 Å². The van der Waals surface area contributed by atoms with E-state index in [2.05, 4.69) is 5.32 Å². The molecule has 3 N–H and O–H groups in total. The molecule has 28 heavy (non-hydrogen) atoms. The minimum Gasteiger partial charge on any atom is -0.484 e. The molecule has 1 aliphatic carbocycles. The molecule has 2 amide bonds. The van der Waals surface area contributed by atoms with Crippen LogP contribution in [0.5, 0.6) is 5.75 Å². The van der Waals surface area contributed by atoms with Crippen LogP contribution >= 0.6 is 24.2 Å². The summed E-state index contributed by atoms with van der Waals surface area (Å²) in [6, 6.07) is 8.90. The topological polar surface area (TPSA) is 84.7 Å². The van der Waals surface area contributed by atoms with E-state index in [1.165, 1.54) is 0 Å². The van der Waals surface area contributed by atoms with Crippen molar-refractivity contribution < 1.29 is 14.3 Å². The first-order chi connectivity index (χ1) is 13.1. The Morgan fingerprint density at radius 2 is 2.04 bits per heavy atom. The highest BCUT2D eigenvalue weighted by Gasteiger charge is 2.43. The lowest BCUT2D eigenvalue weighted by Crippen LogP contribution is -2.49. The molecule has 2 aliphatic rings. The number of carbonyl (C=O) groups excluding carboxylic acids is 2. The fourth-order valence-electron chi connectivity index (χ4n) is 4.10. The molecule has 1 aromatic rings. The number of amides is 2. The molecule has 8 heteroatoms. The van der Waals surface area contributed by atoms with E-state index in [0.29, 0.717) is 24.0 Å². The first kappa shape index (κ1) is 22.8. The number of nitrogens with one attached hydrogen (secondary N) is 1. The van der Waals surface area contributed by atoms with Crippen LogP contribution in [0.1, 0.15) is 19.3 Å². The molecule has 2 fully saturated rings. The lowest BCUT2D eigenvalue weighted by atomic mass is 9.98. The largest absolute Gasteiger partial charge is 0.484 e. The minimum absolute atomic E-state index is 0. The Labute approximate surface area is 177 Å². The van der Waals surface area contributed by atoms with Gasteiger partial charge in [0.05, 0.1) is 0 Å². The molecular weight excluding hydrogens is 398 g/mol. The van der Waals surface area contributed by atoms with E-state index in [9.17, 15) is 9.59 Å². The summed E-state index contributed by atoms with van der Waals surface area (Å²) in [6.07, 6.45) is 4.78. The molecule has 0 bridgehead atoms.